The third-order valence-corrected chi connectivity index (χ3v) is 5.47. The van der Waals surface area contributed by atoms with Crippen LogP contribution in [0.5, 0.6) is 5.75 Å². The van der Waals surface area contributed by atoms with Crippen molar-refractivity contribution in [3.63, 3.8) is 0 Å². The Bertz CT molecular complexity index is 792. The Labute approximate surface area is 174 Å². The van der Waals surface area contributed by atoms with Crippen LogP contribution in [0.2, 0.25) is 0 Å². The molecule has 3 aromatic rings. The molecule has 3 heteroatoms. The van der Waals surface area contributed by atoms with Crippen molar-refractivity contribution in [2.24, 2.45) is 0 Å². The summed E-state index contributed by atoms with van der Waals surface area (Å²) >= 11 is 0. The van der Waals surface area contributed by atoms with Crippen molar-refractivity contribution in [2.45, 2.75) is 38.6 Å². The number of ether oxygens (including phenoxy) is 2. The van der Waals surface area contributed by atoms with Gasteiger partial charge >= 0.3 is 0 Å². The Morgan fingerprint density at radius 3 is 1.66 bits per heavy atom. The third-order valence-electron chi connectivity index (χ3n) is 5.47. The molecule has 0 bridgehead atoms. The number of hydrogen-bond acceptors (Lipinski definition) is 3. The van der Waals surface area contributed by atoms with E-state index in [9.17, 15) is 0 Å². The van der Waals surface area contributed by atoms with Gasteiger partial charge in [0.15, 0.2) is 0 Å². The van der Waals surface area contributed by atoms with Gasteiger partial charge in [-0.15, -0.1) is 0 Å². The molecule has 0 saturated carbocycles. The van der Waals surface area contributed by atoms with Crippen LogP contribution in [0, 0.1) is 0 Å². The lowest BCUT2D eigenvalue weighted by molar-refractivity contribution is 0.0148. The molecule has 0 aromatic heterocycles. The highest BCUT2D eigenvalue weighted by atomic mass is 16.5. The fourth-order valence-electron chi connectivity index (χ4n) is 3.66. The van der Waals surface area contributed by atoms with Gasteiger partial charge in [0.2, 0.25) is 0 Å². The van der Waals surface area contributed by atoms with E-state index in [1.807, 2.05) is 19.2 Å². The Balaban J connectivity index is 1.77. The molecule has 29 heavy (non-hydrogen) atoms. The van der Waals surface area contributed by atoms with Gasteiger partial charge in [-0.2, -0.15) is 0 Å². The zero-order valence-corrected chi connectivity index (χ0v) is 17.6. The second-order valence-corrected chi connectivity index (χ2v) is 7.44. The van der Waals surface area contributed by atoms with Gasteiger partial charge in [-0.3, -0.25) is 4.90 Å². The molecular weight excluding hydrogens is 358 g/mol. The quantitative estimate of drug-likeness (QED) is 0.467. The summed E-state index contributed by atoms with van der Waals surface area (Å²) in [7, 11) is 3.51. The zero-order chi connectivity index (χ0) is 20.5. The van der Waals surface area contributed by atoms with Crippen molar-refractivity contribution >= 4 is 0 Å². The summed E-state index contributed by atoms with van der Waals surface area (Å²) in [6.07, 6.45) is 0.956. The average Bonchev–Trinajstić information content (AvgIpc) is 2.78. The summed E-state index contributed by atoms with van der Waals surface area (Å²) in [6.45, 7) is 4.04. The van der Waals surface area contributed by atoms with Gasteiger partial charge < -0.3 is 9.47 Å². The molecule has 3 rings (SSSR count). The Hall–Kier alpha value is -2.62. The SMILES string of the molecule is COc1ccc(C[C@H](OC)[C@H](C)N(Cc2ccccc2)Cc2ccccc2)cc1. The first-order valence-corrected chi connectivity index (χ1v) is 10.2. The molecule has 0 aliphatic heterocycles. The van der Waals surface area contributed by atoms with Crippen LogP contribution in [0.3, 0.4) is 0 Å². The van der Waals surface area contributed by atoms with E-state index >= 15 is 0 Å². The predicted octanol–water partition coefficient (Wildman–Crippen LogP) is 5.34. The molecule has 0 aliphatic carbocycles. The van der Waals surface area contributed by atoms with Crippen molar-refractivity contribution in [1.29, 1.82) is 0 Å². The average molecular weight is 390 g/mol. The second kappa shape index (κ2) is 10.8. The summed E-state index contributed by atoms with van der Waals surface area (Å²) in [4.78, 5) is 2.50. The molecule has 0 saturated heterocycles. The van der Waals surface area contributed by atoms with Crippen LogP contribution in [0.4, 0.5) is 0 Å². The number of hydrogen-bond donors (Lipinski definition) is 0. The molecule has 0 spiro atoms. The molecule has 152 valence electrons. The summed E-state index contributed by atoms with van der Waals surface area (Å²) in [6, 6.07) is 29.8. The molecule has 2 atom stereocenters. The first-order valence-electron chi connectivity index (χ1n) is 10.2. The smallest absolute Gasteiger partial charge is 0.118 e. The van der Waals surface area contributed by atoms with Crippen molar-refractivity contribution in [2.75, 3.05) is 14.2 Å². The molecule has 0 N–H and O–H groups in total. The Morgan fingerprint density at radius 1 is 0.690 bits per heavy atom. The van der Waals surface area contributed by atoms with Gasteiger partial charge in [-0.05, 0) is 35.7 Å². The summed E-state index contributed by atoms with van der Waals surface area (Å²) in [5, 5.41) is 0. The van der Waals surface area contributed by atoms with Gasteiger partial charge in [0, 0.05) is 32.7 Å². The van der Waals surface area contributed by atoms with Crippen LogP contribution >= 0.6 is 0 Å². The minimum absolute atomic E-state index is 0.0934. The standard InChI is InChI=1S/C26H31NO2/c1-21(26(29-3)18-22-14-16-25(28-2)17-15-22)27(19-23-10-6-4-7-11-23)20-24-12-8-5-9-13-24/h4-17,21,26H,18-20H2,1-3H3/t21-,26-/m0/s1. The minimum atomic E-state index is 0.0934. The van der Waals surface area contributed by atoms with Crippen LogP contribution in [-0.4, -0.2) is 31.3 Å². The van der Waals surface area contributed by atoms with Gasteiger partial charge in [0.1, 0.15) is 5.75 Å². The van der Waals surface area contributed by atoms with E-state index in [2.05, 4.69) is 84.6 Å². The van der Waals surface area contributed by atoms with Gasteiger partial charge in [-0.1, -0.05) is 72.8 Å². The zero-order valence-electron chi connectivity index (χ0n) is 17.6. The first-order chi connectivity index (χ1) is 14.2. The molecule has 3 nitrogen and oxygen atoms in total. The lowest BCUT2D eigenvalue weighted by Crippen LogP contribution is -2.42. The number of nitrogens with zero attached hydrogens (tertiary/aromatic N) is 1. The van der Waals surface area contributed by atoms with Crippen LogP contribution < -0.4 is 4.74 Å². The summed E-state index contributed by atoms with van der Waals surface area (Å²) in [5.41, 5.74) is 3.88. The predicted molar refractivity (Wildman–Crippen MR) is 119 cm³/mol. The van der Waals surface area contributed by atoms with E-state index < -0.39 is 0 Å². The molecule has 0 heterocycles. The number of methoxy groups -OCH3 is 2. The summed E-state index contributed by atoms with van der Waals surface area (Å²) < 4.78 is 11.2. The van der Waals surface area contributed by atoms with Crippen molar-refractivity contribution < 1.29 is 9.47 Å². The highest BCUT2D eigenvalue weighted by Gasteiger charge is 2.24. The molecule has 0 amide bonds. The van der Waals surface area contributed by atoms with Crippen LogP contribution in [0.15, 0.2) is 84.9 Å². The Morgan fingerprint density at radius 2 is 1.21 bits per heavy atom. The van der Waals surface area contributed by atoms with Gasteiger partial charge in [0.25, 0.3) is 0 Å². The molecule has 0 unspecified atom stereocenters. The van der Waals surface area contributed by atoms with E-state index in [0.717, 1.165) is 25.3 Å². The lowest BCUT2D eigenvalue weighted by Gasteiger charge is -2.34. The van der Waals surface area contributed by atoms with Crippen molar-refractivity contribution in [3.8, 4) is 5.75 Å². The van der Waals surface area contributed by atoms with Crippen LogP contribution in [0.1, 0.15) is 23.6 Å². The van der Waals surface area contributed by atoms with Crippen molar-refractivity contribution in [3.05, 3.63) is 102 Å². The molecule has 0 aliphatic rings. The maximum absolute atomic E-state index is 5.96. The van der Waals surface area contributed by atoms with Crippen LogP contribution in [-0.2, 0) is 24.2 Å². The summed E-state index contributed by atoms with van der Waals surface area (Å²) in [5.74, 6) is 0.880. The number of benzene rings is 3. The first kappa shape index (κ1) is 21.1. The minimum Gasteiger partial charge on any atom is -0.497 e. The van der Waals surface area contributed by atoms with E-state index in [1.54, 1.807) is 7.11 Å². The van der Waals surface area contributed by atoms with Crippen molar-refractivity contribution in [1.82, 2.24) is 4.90 Å². The topological polar surface area (TPSA) is 21.7 Å². The van der Waals surface area contributed by atoms with E-state index in [-0.39, 0.29) is 12.1 Å². The highest BCUT2D eigenvalue weighted by molar-refractivity contribution is 5.27. The van der Waals surface area contributed by atoms with E-state index in [4.69, 9.17) is 9.47 Å². The van der Waals surface area contributed by atoms with E-state index in [0.29, 0.717) is 0 Å². The lowest BCUT2D eigenvalue weighted by atomic mass is 10.0. The Kier molecular flexibility index (Phi) is 7.85. The monoisotopic (exact) mass is 389 g/mol. The van der Waals surface area contributed by atoms with Crippen LogP contribution in [0.25, 0.3) is 0 Å². The maximum Gasteiger partial charge on any atom is 0.118 e. The number of rotatable bonds is 10. The molecular formula is C26H31NO2. The van der Waals surface area contributed by atoms with E-state index in [1.165, 1.54) is 16.7 Å². The third kappa shape index (κ3) is 6.18. The van der Waals surface area contributed by atoms with Gasteiger partial charge in [0.05, 0.1) is 13.2 Å². The normalized spacial score (nSPS) is 13.2. The maximum atomic E-state index is 5.96. The fraction of sp³-hybridized carbons (Fsp3) is 0.308. The highest BCUT2D eigenvalue weighted by Crippen LogP contribution is 2.20. The largest absolute Gasteiger partial charge is 0.497 e. The van der Waals surface area contributed by atoms with Gasteiger partial charge in [-0.25, -0.2) is 0 Å². The molecule has 0 radical (unpaired) electrons. The second-order valence-electron chi connectivity index (χ2n) is 7.44. The fourth-order valence-corrected chi connectivity index (χ4v) is 3.66. The molecule has 3 aromatic carbocycles. The molecule has 0 fully saturated rings.